The van der Waals surface area contributed by atoms with Gasteiger partial charge < -0.3 is 5.11 Å². The van der Waals surface area contributed by atoms with Gasteiger partial charge in [-0.2, -0.15) is 4.31 Å². The van der Waals surface area contributed by atoms with E-state index in [1.807, 2.05) is 13.8 Å². The minimum absolute atomic E-state index is 0.0942. The van der Waals surface area contributed by atoms with Gasteiger partial charge in [0.2, 0.25) is 10.0 Å². The minimum Gasteiger partial charge on any atom is -0.392 e. The van der Waals surface area contributed by atoms with Crippen LogP contribution in [-0.4, -0.2) is 30.4 Å². The Kier molecular flexibility index (Phi) is 4.92. The van der Waals surface area contributed by atoms with Crippen molar-refractivity contribution in [2.45, 2.75) is 44.2 Å². The highest BCUT2D eigenvalue weighted by molar-refractivity contribution is 7.89. The number of aliphatic hydroxyl groups excluding tert-OH is 1. The molecule has 0 amide bonds. The molecule has 0 aromatic heterocycles. The zero-order valence-corrected chi connectivity index (χ0v) is 13.6. The number of hydrogen-bond acceptors (Lipinski definition) is 3. The van der Waals surface area contributed by atoms with Gasteiger partial charge in [-0.3, -0.25) is 0 Å². The van der Waals surface area contributed by atoms with E-state index in [9.17, 15) is 12.8 Å². The first-order valence-electron chi connectivity index (χ1n) is 6.88. The number of benzene rings is 1. The first-order valence-corrected chi connectivity index (χ1v) is 8.69. The lowest BCUT2D eigenvalue weighted by Crippen LogP contribution is -2.45. The summed E-state index contributed by atoms with van der Waals surface area (Å²) in [4.78, 5) is -0.458. The van der Waals surface area contributed by atoms with Crippen LogP contribution in [0.5, 0.6) is 0 Å². The average molecular weight is 336 g/mol. The summed E-state index contributed by atoms with van der Waals surface area (Å²) in [5, 5.41) is 9.22. The summed E-state index contributed by atoms with van der Waals surface area (Å²) in [5.74, 6) is -0.692. The van der Waals surface area contributed by atoms with Gasteiger partial charge in [-0.05, 0) is 37.8 Å². The monoisotopic (exact) mass is 335 g/mol. The Labute approximate surface area is 129 Å². The van der Waals surface area contributed by atoms with E-state index in [-0.39, 0.29) is 22.5 Å². The summed E-state index contributed by atoms with van der Waals surface area (Å²) < 4.78 is 41.1. The fourth-order valence-electron chi connectivity index (χ4n) is 2.63. The van der Waals surface area contributed by atoms with Crippen LogP contribution in [-0.2, 0) is 16.6 Å². The topological polar surface area (TPSA) is 57.6 Å². The summed E-state index contributed by atoms with van der Waals surface area (Å²) in [5.41, 5.74) is -0.112. The molecular weight excluding hydrogens is 317 g/mol. The van der Waals surface area contributed by atoms with Gasteiger partial charge in [0, 0.05) is 23.2 Å². The van der Waals surface area contributed by atoms with E-state index in [0.717, 1.165) is 18.9 Å². The molecule has 1 N–H and O–H groups in total. The molecule has 0 aliphatic carbocycles. The predicted octanol–water partition coefficient (Wildman–Crippen LogP) is 2.78. The fourth-order valence-corrected chi connectivity index (χ4v) is 4.85. The maximum absolute atomic E-state index is 14.3. The summed E-state index contributed by atoms with van der Waals surface area (Å²) in [7, 11) is -3.97. The molecule has 118 valence electrons. The molecule has 1 aliphatic rings. The lowest BCUT2D eigenvalue weighted by molar-refractivity contribution is 0.217. The number of nitrogens with zero attached hydrogens (tertiary/aromatic N) is 1. The van der Waals surface area contributed by atoms with Crippen LogP contribution in [0, 0.1) is 11.7 Å². The van der Waals surface area contributed by atoms with Crippen LogP contribution in [0.1, 0.15) is 32.3 Å². The van der Waals surface area contributed by atoms with Gasteiger partial charge in [-0.1, -0.05) is 18.5 Å². The maximum Gasteiger partial charge on any atom is 0.246 e. The van der Waals surface area contributed by atoms with Crippen molar-refractivity contribution in [3.05, 3.63) is 28.5 Å². The van der Waals surface area contributed by atoms with Crippen LogP contribution in [0.25, 0.3) is 0 Å². The number of aliphatic hydroxyl groups is 1. The smallest absolute Gasteiger partial charge is 0.246 e. The number of rotatable bonds is 3. The molecule has 1 saturated heterocycles. The SMILES string of the molecule is CC1CCC(C)N(S(=O)(=O)c2cc(Cl)cc(CO)c2F)C1. The normalized spacial score (nSPS) is 24.2. The van der Waals surface area contributed by atoms with Crippen molar-refractivity contribution in [3.63, 3.8) is 0 Å². The first-order chi connectivity index (χ1) is 9.77. The van der Waals surface area contributed by atoms with Crippen molar-refractivity contribution in [2.75, 3.05) is 6.54 Å². The van der Waals surface area contributed by atoms with E-state index in [2.05, 4.69) is 0 Å². The molecule has 2 rings (SSSR count). The standard InChI is InChI=1S/C14H19ClFNO3S/c1-9-3-4-10(2)17(7-9)21(19,20)13-6-12(15)5-11(8-18)14(13)16/h5-6,9-10,18H,3-4,7-8H2,1-2H3. The van der Waals surface area contributed by atoms with E-state index >= 15 is 0 Å². The number of piperidine rings is 1. The highest BCUT2D eigenvalue weighted by Gasteiger charge is 2.35. The fraction of sp³-hybridized carbons (Fsp3) is 0.571. The molecule has 2 unspecified atom stereocenters. The summed E-state index contributed by atoms with van der Waals surface area (Å²) in [6.07, 6.45) is 1.70. The molecule has 1 heterocycles. The van der Waals surface area contributed by atoms with Gasteiger partial charge >= 0.3 is 0 Å². The summed E-state index contributed by atoms with van der Waals surface area (Å²) in [6.45, 7) is 3.56. The molecule has 1 aromatic rings. The zero-order valence-electron chi connectivity index (χ0n) is 12.0. The van der Waals surface area contributed by atoms with Crippen LogP contribution in [0.4, 0.5) is 4.39 Å². The molecule has 21 heavy (non-hydrogen) atoms. The van der Waals surface area contributed by atoms with Crippen molar-refractivity contribution in [1.82, 2.24) is 4.31 Å². The third-order valence-electron chi connectivity index (χ3n) is 3.90. The molecule has 7 heteroatoms. The Balaban J connectivity index is 2.51. The highest BCUT2D eigenvalue weighted by Crippen LogP contribution is 2.31. The van der Waals surface area contributed by atoms with Crippen LogP contribution in [0.2, 0.25) is 5.02 Å². The zero-order chi connectivity index (χ0) is 15.8. The summed E-state index contributed by atoms with van der Waals surface area (Å²) >= 11 is 5.85. The number of halogens is 2. The van der Waals surface area contributed by atoms with Crippen molar-refractivity contribution in [2.24, 2.45) is 5.92 Å². The Morgan fingerprint density at radius 3 is 2.67 bits per heavy atom. The molecule has 0 radical (unpaired) electrons. The van der Waals surface area contributed by atoms with Crippen LogP contribution in [0.15, 0.2) is 17.0 Å². The number of hydrogen-bond donors (Lipinski definition) is 1. The van der Waals surface area contributed by atoms with Crippen LogP contribution in [0.3, 0.4) is 0 Å². The van der Waals surface area contributed by atoms with Crippen LogP contribution >= 0.6 is 11.6 Å². The summed E-state index contributed by atoms with van der Waals surface area (Å²) in [6, 6.07) is 2.16. The molecule has 1 aromatic carbocycles. The Morgan fingerprint density at radius 1 is 1.38 bits per heavy atom. The molecule has 0 bridgehead atoms. The quantitative estimate of drug-likeness (QED) is 0.924. The molecule has 1 fully saturated rings. The average Bonchev–Trinajstić information content (AvgIpc) is 2.43. The number of sulfonamides is 1. The molecule has 0 saturated carbocycles. The Morgan fingerprint density at radius 2 is 2.05 bits per heavy atom. The molecule has 2 atom stereocenters. The predicted molar refractivity (Wildman–Crippen MR) is 79.1 cm³/mol. The van der Waals surface area contributed by atoms with Gasteiger partial charge in [0.15, 0.2) is 0 Å². The first kappa shape index (κ1) is 16.7. The second-order valence-corrected chi connectivity index (χ2v) is 7.94. The van der Waals surface area contributed by atoms with Crippen molar-refractivity contribution >= 4 is 21.6 Å². The van der Waals surface area contributed by atoms with Crippen molar-refractivity contribution < 1.29 is 17.9 Å². The molecular formula is C14H19ClFNO3S. The van der Waals surface area contributed by atoms with Crippen molar-refractivity contribution in [3.8, 4) is 0 Å². The van der Waals surface area contributed by atoms with Gasteiger partial charge in [0.25, 0.3) is 0 Å². The minimum atomic E-state index is -3.97. The molecule has 0 spiro atoms. The maximum atomic E-state index is 14.3. The lowest BCUT2D eigenvalue weighted by atomic mass is 9.97. The highest BCUT2D eigenvalue weighted by atomic mass is 35.5. The third kappa shape index (κ3) is 3.23. The van der Waals surface area contributed by atoms with Gasteiger partial charge in [-0.15, -0.1) is 0 Å². The molecule has 4 nitrogen and oxygen atoms in total. The second-order valence-electron chi connectivity index (χ2n) is 5.64. The van der Waals surface area contributed by atoms with E-state index in [1.165, 1.54) is 10.4 Å². The van der Waals surface area contributed by atoms with Crippen molar-refractivity contribution in [1.29, 1.82) is 0 Å². The van der Waals surface area contributed by atoms with E-state index in [1.54, 1.807) is 0 Å². The Bertz CT molecular complexity index is 635. The van der Waals surface area contributed by atoms with Crippen LogP contribution < -0.4 is 0 Å². The molecule has 1 aliphatic heterocycles. The van der Waals surface area contributed by atoms with Gasteiger partial charge in [0.1, 0.15) is 10.7 Å². The second kappa shape index (κ2) is 6.20. The lowest BCUT2D eigenvalue weighted by Gasteiger charge is -2.35. The third-order valence-corrected chi connectivity index (χ3v) is 6.09. The Hall–Kier alpha value is -0.690. The van der Waals surface area contributed by atoms with Gasteiger partial charge in [-0.25, -0.2) is 12.8 Å². The van der Waals surface area contributed by atoms with E-state index in [4.69, 9.17) is 16.7 Å². The van der Waals surface area contributed by atoms with E-state index < -0.39 is 27.3 Å². The van der Waals surface area contributed by atoms with E-state index in [0.29, 0.717) is 6.54 Å². The largest absolute Gasteiger partial charge is 0.392 e. The van der Waals surface area contributed by atoms with Gasteiger partial charge in [0.05, 0.1) is 6.61 Å².